The summed E-state index contributed by atoms with van der Waals surface area (Å²) < 4.78 is 11.2. The lowest BCUT2D eigenvalue weighted by atomic mass is 9.74. The normalized spacial score (nSPS) is 30.7. The molecule has 1 heterocycles. The first-order chi connectivity index (χ1) is 10.3. The maximum Gasteiger partial charge on any atom is 0.284 e. The molecule has 0 spiro atoms. The topological polar surface area (TPSA) is 59.9 Å². The molecule has 5 heteroatoms. The Bertz CT molecular complexity index is 638. The summed E-state index contributed by atoms with van der Waals surface area (Å²) in [5.74, 6) is 2.13. The number of hydrogen-bond donors (Lipinski definition) is 1. The molecular weight excluding hydrogens is 268 g/mol. The maximum absolute atomic E-state index is 12.1. The number of allylic oxidation sites excluding steroid dienone is 2. The van der Waals surface area contributed by atoms with Crippen LogP contribution in [-0.2, 0) is 4.79 Å². The second-order valence-corrected chi connectivity index (χ2v) is 5.58. The predicted octanol–water partition coefficient (Wildman–Crippen LogP) is 1.89. The van der Waals surface area contributed by atoms with Crippen molar-refractivity contribution in [3.8, 4) is 11.5 Å². The highest BCUT2D eigenvalue weighted by Crippen LogP contribution is 2.40. The largest absolute Gasteiger partial charge is 0.485 e. The number of rotatable bonds is 2. The van der Waals surface area contributed by atoms with E-state index in [0.29, 0.717) is 23.3 Å². The van der Waals surface area contributed by atoms with Gasteiger partial charge in [0.15, 0.2) is 11.5 Å². The molecule has 1 aromatic carbocycles. The molecule has 1 aromatic rings. The van der Waals surface area contributed by atoms with Gasteiger partial charge in [0, 0.05) is 11.6 Å². The van der Waals surface area contributed by atoms with Crippen molar-refractivity contribution in [1.29, 1.82) is 0 Å². The van der Waals surface area contributed by atoms with Crippen molar-refractivity contribution in [2.75, 3.05) is 6.61 Å². The number of nitrogens with one attached hydrogen (secondary N) is 1. The summed E-state index contributed by atoms with van der Waals surface area (Å²) >= 11 is 0. The maximum atomic E-state index is 12.1. The molecule has 0 saturated heterocycles. The van der Waals surface area contributed by atoms with Crippen molar-refractivity contribution in [1.82, 2.24) is 5.43 Å². The summed E-state index contributed by atoms with van der Waals surface area (Å²) in [6.07, 6.45) is 5.76. The first-order valence-electron chi connectivity index (χ1n) is 7.23. The van der Waals surface area contributed by atoms with E-state index >= 15 is 0 Å². The van der Waals surface area contributed by atoms with Gasteiger partial charge in [-0.15, -0.1) is 0 Å². The van der Waals surface area contributed by atoms with Gasteiger partial charge in [-0.2, -0.15) is 5.10 Å². The highest BCUT2D eigenvalue weighted by atomic mass is 16.6. The van der Waals surface area contributed by atoms with Gasteiger partial charge in [-0.05, 0) is 30.9 Å². The van der Waals surface area contributed by atoms with Gasteiger partial charge in [-0.1, -0.05) is 24.3 Å². The van der Waals surface area contributed by atoms with E-state index in [9.17, 15) is 4.79 Å². The van der Waals surface area contributed by atoms with Gasteiger partial charge in [0.25, 0.3) is 5.91 Å². The Morgan fingerprint density at radius 1 is 1.29 bits per heavy atom. The third kappa shape index (κ3) is 2.18. The number of ether oxygens (including phenoxy) is 2. The fraction of sp³-hybridized carbons (Fsp3) is 0.375. The highest BCUT2D eigenvalue weighted by Gasteiger charge is 2.38. The lowest BCUT2D eigenvalue weighted by Crippen LogP contribution is -2.43. The zero-order valence-electron chi connectivity index (χ0n) is 11.5. The average Bonchev–Trinajstić information content (AvgIpc) is 2.88. The lowest BCUT2D eigenvalue weighted by Gasteiger charge is -2.32. The van der Waals surface area contributed by atoms with Gasteiger partial charge in [-0.3, -0.25) is 4.79 Å². The minimum Gasteiger partial charge on any atom is -0.485 e. The minimum atomic E-state index is -0.651. The van der Waals surface area contributed by atoms with Crippen LogP contribution < -0.4 is 14.9 Å². The van der Waals surface area contributed by atoms with Crippen molar-refractivity contribution in [3.63, 3.8) is 0 Å². The van der Waals surface area contributed by atoms with E-state index in [0.717, 1.165) is 18.6 Å². The molecule has 3 aliphatic rings. The number of hydrazone groups is 1. The van der Waals surface area contributed by atoms with Gasteiger partial charge in [0.05, 0.1) is 0 Å². The van der Waals surface area contributed by atoms with Crippen LogP contribution >= 0.6 is 0 Å². The minimum absolute atomic E-state index is 0.210. The van der Waals surface area contributed by atoms with Crippen molar-refractivity contribution < 1.29 is 14.3 Å². The van der Waals surface area contributed by atoms with Crippen molar-refractivity contribution in [2.45, 2.75) is 18.9 Å². The van der Waals surface area contributed by atoms with E-state index in [1.807, 2.05) is 18.2 Å². The van der Waals surface area contributed by atoms with Crippen molar-refractivity contribution in [2.24, 2.45) is 16.9 Å². The zero-order chi connectivity index (χ0) is 14.2. The molecule has 1 aliphatic heterocycles. The second kappa shape index (κ2) is 4.91. The molecule has 1 fully saturated rings. The Hall–Kier alpha value is -2.30. The van der Waals surface area contributed by atoms with E-state index in [1.54, 1.807) is 6.07 Å². The summed E-state index contributed by atoms with van der Waals surface area (Å²) in [5.41, 5.74) is 3.69. The van der Waals surface area contributed by atoms with E-state index in [-0.39, 0.29) is 12.5 Å². The van der Waals surface area contributed by atoms with Gasteiger partial charge in [0.2, 0.25) is 6.10 Å². The summed E-state index contributed by atoms with van der Waals surface area (Å²) in [4.78, 5) is 12.1. The molecular formula is C16H16N2O3. The summed E-state index contributed by atoms with van der Waals surface area (Å²) in [6, 6.07) is 7.34. The molecule has 0 unspecified atom stereocenters. The number of carbonyl (C=O) groups excluding carboxylic acids is 1. The summed E-state index contributed by atoms with van der Waals surface area (Å²) in [7, 11) is 0. The molecule has 4 rings (SSSR count). The number of carbonyl (C=O) groups is 1. The van der Waals surface area contributed by atoms with Crippen LogP contribution in [0.3, 0.4) is 0 Å². The number of hydrogen-bond acceptors (Lipinski definition) is 4. The first-order valence-corrected chi connectivity index (χ1v) is 7.23. The Balaban J connectivity index is 1.37. The standard InChI is InChI=1S/C16H16N2O3/c19-16(18-17-12-8-10-4-3-5-11(10)12)15-9-20-13-6-1-2-7-14(13)21-15/h1-4,6-7,10-11,15H,5,8-9H2,(H,18,19)/b17-12-/t10-,11+,15-/m1/s1. The fourth-order valence-corrected chi connectivity index (χ4v) is 3.01. The van der Waals surface area contributed by atoms with Gasteiger partial charge < -0.3 is 9.47 Å². The number of amides is 1. The Labute approximate surface area is 122 Å². The smallest absolute Gasteiger partial charge is 0.284 e. The van der Waals surface area contributed by atoms with Crippen LogP contribution in [0.25, 0.3) is 0 Å². The van der Waals surface area contributed by atoms with Crippen LogP contribution in [0.15, 0.2) is 41.5 Å². The van der Waals surface area contributed by atoms with Crippen LogP contribution in [-0.4, -0.2) is 24.3 Å². The summed E-state index contributed by atoms with van der Waals surface area (Å²) in [5, 5.41) is 4.24. The molecule has 0 bridgehead atoms. The van der Waals surface area contributed by atoms with Crippen LogP contribution in [0, 0.1) is 11.8 Å². The van der Waals surface area contributed by atoms with Crippen LogP contribution in [0.2, 0.25) is 0 Å². The predicted molar refractivity (Wildman–Crippen MR) is 77.3 cm³/mol. The molecule has 1 amide bonds. The highest BCUT2D eigenvalue weighted by molar-refractivity contribution is 5.95. The van der Waals surface area contributed by atoms with Gasteiger partial charge in [-0.25, -0.2) is 5.43 Å². The van der Waals surface area contributed by atoms with Crippen molar-refractivity contribution >= 4 is 11.6 Å². The summed E-state index contributed by atoms with van der Waals surface area (Å²) in [6.45, 7) is 0.210. The van der Waals surface area contributed by atoms with Crippen LogP contribution in [0.4, 0.5) is 0 Å². The molecule has 0 aromatic heterocycles. The lowest BCUT2D eigenvalue weighted by molar-refractivity contribution is -0.130. The fourth-order valence-electron chi connectivity index (χ4n) is 3.01. The second-order valence-electron chi connectivity index (χ2n) is 5.58. The SMILES string of the molecule is O=C(N/N=C1/C[C@H]2C=CC[C@H]12)[C@H]1COc2ccccc2O1. The third-order valence-corrected chi connectivity index (χ3v) is 4.27. The van der Waals surface area contributed by atoms with Crippen LogP contribution in [0.5, 0.6) is 11.5 Å². The number of fused-ring (bicyclic) bond motifs is 2. The molecule has 1 saturated carbocycles. The zero-order valence-corrected chi connectivity index (χ0v) is 11.5. The van der Waals surface area contributed by atoms with E-state index in [2.05, 4.69) is 22.7 Å². The van der Waals surface area contributed by atoms with E-state index in [4.69, 9.17) is 9.47 Å². The molecule has 3 atom stereocenters. The average molecular weight is 284 g/mol. The van der Waals surface area contributed by atoms with Gasteiger partial charge in [0.1, 0.15) is 6.61 Å². The Morgan fingerprint density at radius 3 is 3.00 bits per heavy atom. The monoisotopic (exact) mass is 284 g/mol. The third-order valence-electron chi connectivity index (χ3n) is 4.27. The molecule has 108 valence electrons. The molecule has 2 aliphatic carbocycles. The van der Waals surface area contributed by atoms with Crippen LogP contribution in [0.1, 0.15) is 12.8 Å². The number of nitrogens with zero attached hydrogens (tertiary/aromatic N) is 1. The molecule has 0 radical (unpaired) electrons. The Kier molecular flexibility index (Phi) is 2.91. The molecule has 21 heavy (non-hydrogen) atoms. The van der Waals surface area contributed by atoms with Crippen molar-refractivity contribution in [3.05, 3.63) is 36.4 Å². The number of benzene rings is 1. The number of para-hydroxylation sites is 2. The van der Waals surface area contributed by atoms with Gasteiger partial charge >= 0.3 is 0 Å². The van der Waals surface area contributed by atoms with E-state index < -0.39 is 6.10 Å². The van der Waals surface area contributed by atoms with E-state index in [1.165, 1.54) is 0 Å². The molecule has 5 nitrogen and oxygen atoms in total. The Morgan fingerprint density at radius 2 is 2.14 bits per heavy atom. The quantitative estimate of drug-likeness (QED) is 0.666. The molecule has 1 N–H and O–H groups in total. The first kappa shape index (κ1) is 12.4.